The molecule has 0 saturated heterocycles. The van der Waals surface area contributed by atoms with E-state index in [4.69, 9.17) is 0 Å². The van der Waals surface area contributed by atoms with Crippen LogP contribution in [0.2, 0.25) is 0 Å². The highest BCUT2D eigenvalue weighted by atomic mass is 32.2. The van der Waals surface area contributed by atoms with Gasteiger partial charge in [0.2, 0.25) is 15.9 Å². The molecular formula is C24H21FN4O3S. The second kappa shape index (κ2) is 9.76. The number of carbonyl (C=O) groups is 1. The first-order chi connectivity index (χ1) is 15.9. The van der Waals surface area contributed by atoms with E-state index in [1.54, 1.807) is 41.2 Å². The number of carbonyl (C=O) groups excluding carboxylic acids is 1. The van der Waals surface area contributed by atoms with Crippen molar-refractivity contribution in [1.82, 2.24) is 14.5 Å². The summed E-state index contributed by atoms with van der Waals surface area (Å²) in [5.74, 6) is -1.26. The summed E-state index contributed by atoms with van der Waals surface area (Å²) >= 11 is 0. The van der Waals surface area contributed by atoms with Crippen molar-refractivity contribution in [3.63, 3.8) is 0 Å². The van der Waals surface area contributed by atoms with Gasteiger partial charge in [0.1, 0.15) is 16.8 Å². The summed E-state index contributed by atoms with van der Waals surface area (Å²) in [4.78, 5) is 12.6. The Labute approximate surface area is 190 Å². The zero-order valence-corrected chi connectivity index (χ0v) is 18.2. The first kappa shape index (κ1) is 22.4. The SMILES string of the molecule is O=C(Nc1ccn(-c2ccccc2)n1)C(Cc1ccccc1)NS(=O)(=O)c1ccccc1F. The Hall–Kier alpha value is -3.82. The Morgan fingerprint density at radius 1 is 0.909 bits per heavy atom. The van der Waals surface area contributed by atoms with E-state index in [-0.39, 0.29) is 12.2 Å². The van der Waals surface area contributed by atoms with Crippen LogP contribution in [0.3, 0.4) is 0 Å². The molecule has 0 aliphatic rings. The first-order valence-electron chi connectivity index (χ1n) is 10.1. The molecule has 0 saturated carbocycles. The van der Waals surface area contributed by atoms with Gasteiger partial charge < -0.3 is 5.32 Å². The number of benzene rings is 3. The second-order valence-electron chi connectivity index (χ2n) is 7.26. The van der Waals surface area contributed by atoms with E-state index in [1.807, 2.05) is 36.4 Å². The standard InChI is InChI=1S/C24H21FN4O3S/c25-20-13-7-8-14-22(20)33(31,32)28-21(17-18-9-3-1-4-10-18)24(30)26-23-15-16-29(27-23)19-11-5-2-6-12-19/h1-16,21,28H,17H2,(H,26,27,30). The topological polar surface area (TPSA) is 93.1 Å². The van der Waals surface area contributed by atoms with Gasteiger partial charge in [-0.15, -0.1) is 0 Å². The lowest BCUT2D eigenvalue weighted by Crippen LogP contribution is -2.45. The van der Waals surface area contributed by atoms with Gasteiger partial charge in [0.15, 0.2) is 5.82 Å². The van der Waals surface area contributed by atoms with Gasteiger partial charge in [-0.05, 0) is 36.2 Å². The third-order valence-electron chi connectivity index (χ3n) is 4.88. The van der Waals surface area contributed by atoms with E-state index >= 15 is 0 Å². The minimum Gasteiger partial charge on any atom is -0.308 e. The maximum atomic E-state index is 14.1. The zero-order chi connectivity index (χ0) is 23.3. The van der Waals surface area contributed by atoms with Crippen molar-refractivity contribution in [2.45, 2.75) is 17.4 Å². The summed E-state index contributed by atoms with van der Waals surface area (Å²) in [6, 6.07) is 23.7. The average molecular weight is 465 g/mol. The molecule has 0 bridgehead atoms. The number of para-hydroxylation sites is 1. The van der Waals surface area contributed by atoms with Crippen LogP contribution in [0.5, 0.6) is 0 Å². The van der Waals surface area contributed by atoms with Gasteiger partial charge in [0, 0.05) is 12.3 Å². The third-order valence-corrected chi connectivity index (χ3v) is 6.39. The normalized spacial score (nSPS) is 12.3. The van der Waals surface area contributed by atoms with Crippen molar-refractivity contribution >= 4 is 21.7 Å². The number of aromatic nitrogens is 2. The lowest BCUT2D eigenvalue weighted by atomic mass is 10.1. The van der Waals surface area contributed by atoms with Crippen molar-refractivity contribution in [2.24, 2.45) is 0 Å². The number of anilines is 1. The van der Waals surface area contributed by atoms with Crippen LogP contribution in [-0.4, -0.2) is 30.1 Å². The average Bonchev–Trinajstić information content (AvgIpc) is 3.28. The van der Waals surface area contributed by atoms with Gasteiger partial charge >= 0.3 is 0 Å². The summed E-state index contributed by atoms with van der Waals surface area (Å²) in [6.45, 7) is 0. The monoisotopic (exact) mass is 464 g/mol. The molecule has 168 valence electrons. The molecule has 1 unspecified atom stereocenters. The van der Waals surface area contributed by atoms with E-state index in [0.717, 1.165) is 23.4 Å². The molecule has 1 heterocycles. The van der Waals surface area contributed by atoms with E-state index in [2.05, 4.69) is 15.1 Å². The van der Waals surface area contributed by atoms with Crippen molar-refractivity contribution in [2.75, 3.05) is 5.32 Å². The highest BCUT2D eigenvalue weighted by Gasteiger charge is 2.28. The number of hydrogen-bond donors (Lipinski definition) is 2. The largest absolute Gasteiger partial charge is 0.308 e. The predicted octanol–water partition coefficient (Wildman–Crippen LogP) is 3.54. The predicted molar refractivity (Wildman–Crippen MR) is 123 cm³/mol. The highest BCUT2D eigenvalue weighted by Crippen LogP contribution is 2.16. The second-order valence-corrected chi connectivity index (χ2v) is 8.95. The number of hydrogen-bond acceptors (Lipinski definition) is 4. The van der Waals surface area contributed by atoms with Crippen LogP contribution in [0.1, 0.15) is 5.56 Å². The molecule has 1 aromatic heterocycles. The van der Waals surface area contributed by atoms with E-state index in [0.29, 0.717) is 0 Å². The minimum absolute atomic E-state index is 0.0692. The van der Waals surface area contributed by atoms with Crippen molar-refractivity contribution < 1.29 is 17.6 Å². The highest BCUT2D eigenvalue weighted by molar-refractivity contribution is 7.89. The number of rotatable bonds is 8. The summed E-state index contributed by atoms with van der Waals surface area (Å²) in [6.07, 6.45) is 1.75. The maximum Gasteiger partial charge on any atom is 0.244 e. The lowest BCUT2D eigenvalue weighted by molar-refractivity contribution is -0.117. The summed E-state index contributed by atoms with van der Waals surface area (Å²) in [7, 11) is -4.30. The van der Waals surface area contributed by atoms with Crippen molar-refractivity contribution in [1.29, 1.82) is 0 Å². The molecule has 4 rings (SSSR count). The van der Waals surface area contributed by atoms with Crippen molar-refractivity contribution in [3.8, 4) is 5.69 Å². The molecule has 33 heavy (non-hydrogen) atoms. The molecule has 4 aromatic rings. The van der Waals surface area contributed by atoms with Crippen LogP contribution in [0, 0.1) is 5.82 Å². The quantitative estimate of drug-likeness (QED) is 0.417. The van der Waals surface area contributed by atoms with Crippen LogP contribution in [0.25, 0.3) is 5.69 Å². The molecule has 2 N–H and O–H groups in total. The minimum atomic E-state index is -4.30. The molecule has 1 amide bonds. The van der Waals surface area contributed by atoms with Gasteiger partial charge in [-0.1, -0.05) is 60.7 Å². The van der Waals surface area contributed by atoms with E-state index in [9.17, 15) is 17.6 Å². The van der Waals surface area contributed by atoms with Crippen LogP contribution < -0.4 is 10.0 Å². The molecule has 0 spiro atoms. The number of nitrogens with one attached hydrogen (secondary N) is 2. The fourth-order valence-electron chi connectivity index (χ4n) is 3.28. The van der Waals surface area contributed by atoms with Crippen LogP contribution in [0.15, 0.2) is 102 Å². The Morgan fingerprint density at radius 3 is 2.24 bits per heavy atom. The van der Waals surface area contributed by atoms with Gasteiger partial charge in [0.05, 0.1) is 5.69 Å². The Bertz CT molecular complexity index is 1340. The Balaban J connectivity index is 1.57. The molecule has 9 heteroatoms. The fraction of sp³-hybridized carbons (Fsp3) is 0.0833. The van der Waals surface area contributed by atoms with Gasteiger partial charge in [-0.3, -0.25) is 4.79 Å². The number of sulfonamides is 1. The Kier molecular flexibility index (Phi) is 6.62. The summed E-state index contributed by atoms with van der Waals surface area (Å²) < 4.78 is 43.8. The molecule has 0 radical (unpaired) electrons. The smallest absolute Gasteiger partial charge is 0.244 e. The van der Waals surface area contributed by atoms with Crippen LogP contribution >= 0.6 is 0 Å². The van der Waals surface area contributed by atoms with Gasteiger partial charge in [-0.25, -0.2) is 17.5 Å². The van der Waals surface area contributed by atoms with Crippen molar-refractivity contribution in [3.05, 3.63) is 109 Å². The van der Waals surface area contributed by atoms with Gasteiger partial charge in [-0.2, -0.15) is 9.82 Å². The fourth-order valence-corrected chi connectivity index (χ4v) is 4.55. The van der Waals surface area contributed by atoms with Gasteiger partial charge in [0.25, 0.3) is 0 Å². The van der Waals surface area contributed by atoms with E-state index < -0.39 is 32.7 Å². The zero-order valence-electron chi connectivity index (χ0n) is 17.4. The molecular weight excluding hydrogens is 443 g/mol. The Morgan fingerprint density at radius 2 is 1.55 bits per heavy atom. The molecule has 1 atom stereocenters. The number of amides is 1. The third kappa shape index (κ3) is 5.51. The summed E-state index contributed by atoms with van der Waals surface area (Å²) in [5.41, 5.74) is 1.54. The number of nitrogens with zero attached hydrogens (tertiary/aromatic N) is 2. The van der Waals surface area contributed by atoms with Crippen LogP contribution in [-0.2, 0) is 21.2 Å². The first-order valence-corrected chi connectivity index (χ1v) is 11.6. The lowest BCUT2D eigenvalue weighted by Gasteiger charge is -2.18. The summed E-state index contributed by atoms with van der Waals surface area (Å²) in [5, 5.41) is 6.98. The van der Waals surface area contributed by atoms with E-state index in [1.165, 1.54) is 12.1 Å². The molecule has 0 aliphatic heterocycles. The molecule has 3 aromatic carbocycles. The molecule has 0 aliphatic carbocycles. The number of halogens is 1. The van der Waals surface area contributed by atoms with Crippen LogP contribution in [0.4, 0.5) is 10.2 Å². The molecule has 7 nitrogen and oxygen atoms in total. The molecule has 0 fully saturated rings. The maximum absolute atomic E-state index is 14.1.